The van der Waals surface area contributed by atoms with Crippen molar-refractivity contribution in [2.24, 2.45) is 0 Å². The average Bonchev–Trinajstić information content (AvgIpc) is 3.28. The Hall–Kier alpha value is -3.55. The molecule has 28 heavy (non-hydrogen) atoms. The summed E-state index contributed by atoms with van der Waals surface area (Å²) >= 11 is 0. The van der Waals surface area contributed by atoms with Crippen molar-refractivity contribution in [3.63, 3.8) is 0 Å². The van der Waals surface area contributed by atoms with E-state index in [4.69, 9.17) is 0 Å². The molecule has 1 N–H and O–H groups in total. The van der Waals surface area contributed by atoms with Crippen LogP contribution in [0.4, 0.5) is 10.1 Å². The molecular weight excluding hydrogens is 359 g/mol. The molecule has 0 radical (unpaired) electrons. The molecule has 0 spiro atoms. The molecule has 142 valence electrons. The van der Waals surface area contributed by atoms with E-state index in [2.05, 4.69) is 20.5 Å². The zero-order valence-electron chi connectivity index (χ0n) is 15.8. The Morgan fingerprint density at radius 3 is 2.79 bits per heavy atom. The fourth-order valence-corrected chi connectivity index (χ4v) is 3.15. The maximum atomic E-state index is 14.0. The van der Waals surface area contributed by atoms with Crippen LogP contribution in [-0.4, -0.2) is 30.3 Å². The highest BCUT2D eigenvalue weighted by atomic mass is 19.1. The van der Waals surface area contributed by atoms with E-state index in [9.17, 15) is 9.18 Å². The number of nitrogens with zero attached hydrogens (tertiary/aromatic N) is 5. The van der Waals surface area contributed by atoms with Crippen molar-refractivity contribution in [3.8, 4) is 11.3 Å². The van der Waals surface area contributed by atoms with E-state index < -0.39 is 11.7 Å². The Morgan fingerprint density at radius 2 is 2.04 bits per heavy atom. The molecule has 0 aliphatic rings. The van der Waals surface area contributed by atoms with Gasteiger partial charge in [0.1, 0.15) is 5.82 Å². The fraction of sp³-hybridized carbons (Fsp3) is 0.200. The second-order valence-corrected chi connectivity index (χ2v) is 6.53. The van der Waals surface area contributed by atoms with Crippen LogP contribution in [0.25, 0.3) is 16.9 Å². The number of hydrogen-bond acceptors (Lipinski definition) is 4. The van der Waals surface area contributed by atoms with Crippen LogP contribution in [0, 0.1) is 19.7 Å². The van der Waals surface area contributed by atoms with Gasteiger partial charge in [-0.15, -0.1) is 0 Å². The second kappa shape index (κ2) is 6.88. The maximum Gasteiger partial charge on any atom is 0.276 e. The van der Waals surface area contributed by atoms with Gasteiger partial charge >= 0.3 is 0 Å². The highest BCUT2D eigenvalue weighted by Crippen LogP contribution is 2.24. The average molecular weight is 378 g/mol. The van der Waals surface area contributed by atoms with Crippen LogP contribution in [0.15, 0.2) is 42.7 Å². The number of rotatable bonds is 4. The summed E-state index contributed by atoms with van der Waals surface area (Å²) in [6, 6.07) is 7.95. The van der Waals surface area contributed by atoms with E-state index in [1.54, 1.807) is 35.1 Å². The third-order valence-electron chi connectivity index (χ3n) is 4.64. The summed E-state index contributed by atoms with van der Waals surface area (Å²) in [6.45, 7) is 6.59. The number of aryl methyl sites for hydroxylation is 2. The minimum absolute atomic E-state index is 0.121. The Labute approximate surface area is 160 Å². The van der Waals surface area contributed by atoms with E-state index >= 15 is 0 Å². The van der Waals surface area contributed by atoms with Crippen LogP contribution in [0.1, 0.15) is 28.7 Å². The lowest BCUT2D eigenvalue weighted by molar-refractivity contribution is 0.102. The van der Waals surface area contributed by atoms with Crippen LogP contribution < -0.4 is 5.32 Å². The van der Waals surface area contributed by atoms with Crippen LogP contribution in [0.2, 0.25) is 0 Å². The maximum absolute atomic E-state index is 14.0. The fourth-order valence-electron chi connectivity index (χ4n) is 3.15. The van der Waals surface area contributed by atoms with Gasteiger partial charge in [-0.05, 0) is 44.5 Å². The Bertz CT molecular complexity index is 1190. The minimum atomic E-state index is -0.498. The number of carbonyl (C=O) groups is 1. The van der Waals surface area contributed by atoms with E-state index in [0.717, 1.165) is 29.1 Å². The normalized spacial score (nSPS) is 11.1. The molecular formula is C20H19FN6O. The SMILES string of the molecule is CCn1ncc(-c2ccnc3cc(C(=O)Nc4cc(C)ccc4F)nn23)c1C. The van der Waals surface area contributed by atoms with Crippen molar-refractivity contribution in [2.75, 3.05) is 5.32 Å². The van der Waals surface area contributed by atoms with Gasteiger partial charge in [0, 0.05) is 30.1 Å². The summed E-state index contributed by atoms with van der Waals surface area (Å²) in [5, 5.41) is 11.3. The molecule has 3 heterocycles. The summed E-state index contributed by atoms with van der Waals surface area (Å²) in [4.78, 5) is 16.9. The predicted octanol–water partition coefficient (Wildman–Crippen LogP) is 3.62. The lowest BCUT2D eigenvalue weighted by Gasteiger charge is -2.06. The summed E-state index contributed by atoms with van der Waals surface area (Å²) in [5.74, 6) is -0.994. The summed E-state index contributed by atoms with van der Waals surface area (Å²) in [5.41, 5.74) is 4.34. The number of amides is 1. The number of halogens is 1. The Balaban J connectivity index is 1.73. The molecule has 3 aromatic heterocycles. The monoisotopic (exact) mass is 378 g/mol. The van der Waals surface area contributed by atoms with Gasteiger partial charge in [-0.25, -0.2) is 13.9 Å². The van der Waals surface area contributed by atoms with E-state index in [0.29, 0.717) is 5.65 Å². The van der Waals surface area contributed by atoms with Crippen molar-refractivity contribution < 1.29 is 9.18 Å². The Kier molecular flexibility index (Phi) is 4.38. The number of nitrogens with one attached hydrogen (secondary N) is 1. The number of fused-ring (bicyclic) bond motifs is 1. The first-order valence-corrected chi connectivity index (χ1v) is 8.93. The lowest BCUT2D eigenvalue weighted by Crippen LogP contribution is -2.14. The van der Waals surface area contributed by atoms with Crippen LogP contribution in [0.5, 0.6) is 0 Å². The molecule has 7 nitrogen and oxygen atoms in total. The van der Waals surface area contributed by atoms with Crippen molar-refractivity contribution in [3.05, 3.63) is 65.5 Å². The van der Waals surface area contributed by atoms with Crippen LogP contribution >= 0.6 is 0 Å². The van der Waals surface area contributed by atoms with E-state index in [1.807, 2.05) is 31.5 Å². The summed E-state index contributed by atoms with van der Waals surface area (Å²) in [6.07, 6.45) is 3.44. The molecule has 4 rings (SSSR count). The first-order chi connectivity index (χ1) is 13.5. The molecule has 1 aromatic carbocycles. The molecule has 0 saturated carbocycles. The minimum Gasteiger partial charge on any atom is -0.318 e. The van der Waals surface area contributed by atoms with Gasteiger partial charge in [0.15, 0.2) is 11.3 Å². The number of carbonyl (C=O) groups excluding carboxylic acids is 1. The van der Waals surface area contributed by atoms with Crippen LogP contribution in [0.3, 0.4) is 0 Å². The zero-order valence-corrected chi connectivity index (χ0v) is 15.8. The number of hydrogen-bond donors (Lipinski definition) is 1. The number of aromatic nitrogens is 5. The van der Waals surface area contributed by atoms with Gasteiger partial charge < -0.3 is 5.32 Å². The Morgan fingerprint density at radius 1 is 1.21 bits per heavy atom. The summed E-state index contributed by atoms with van der Waals surface area (Å²) in [7, 11) is 0. The number of benzene rings is 1. The van der Waals surface area contributed by atoms with Gasteiger partial charge in [-0.3, -0.25) is 9.48 Å². The molecule has 0 bridgehead atoms. The molecule has 0 aliphatic heterocycles. The third kappa shape index (κ3) is 3.02. The molecule has 0 unspecified atom stereocenters. The molecule has 4 aromatic rings. The zero-order chi connectivity index (χ0) is 19.8. The van der Waals surface area contributed by atoms with Gasteiger partial charge in [-0.2, -0.15) is 10.2 Å². The largest absolute Gasteiger partial charge is 0.318 e. The van der Waals surface area contributed by atoms with Crippen molar-refractivity contribution in [2.45, 2.75) is 27.3 Å². The van der Waals surface area contributed by atoms with Crippen LogP contribution in [-0.2, 0) is 6.54 Å². The van der Waals surface area contributed by atoms with Gasteiger partial charge in [-0.1, -0.05) is 6.07 Å². The highest BCUT2D eigenvalue weighted by molar-refractivity contribution is 6.03. The smallest absolute Gasteiger partial charge is 0.276 e. The van der Waals surface area contributed by atoms with Gasteiger partial charge in [0.25, 0.3) is 5.91 Å². The first-order valence-electron chi connectivity index (χ1n) is 8.93. The van der Waals surface area contributed by atoms with Crippen molar-refractivity contribution in [1.29, 1.82) is 0 Å². The second-order valence-electron chi connectivity index (χ2n) is 6.53. The number of anilines is 1. The van der Waals surface area contributed by atoms with Crippen molar-refractivity contribution in [1.82, 2.24) is 24.4 Å². The molecule has 0 aliphatic carbocycles. The predicted molar refractivity (Wildman–Crippen MR) is 104 cm³/mol. The topological polar surface area (TPSA) is 77.1 Å². The molecule has 0 fully saturated rings. The quantitative estimate of drug-likeness (QED) is 0.588. The third-order valence-corrected chi connectivity index (χ3v) is 4.64. The lowest BCUT2D eigenvalue weighted by atomic mass is 10.2. The molecule has 8 heteroatoms. The molecule has 0 atom stereocenters. The van der Waals surface area contributed by atoms with E-state index in [-0.39, 0.29) is 11.4 Å². The van der Waals surface area contributed by atoms with Gasteiger partial charge in [0.05, 0.1) is 17.6 Å². The van der Waals surface area contributed by atoms with Crippen molar-refractivity contribution >= 4 is 17.2 Å². The van der Waals surface area contributed by atoms with Gasteiger partial charge in [0.2, 0.25) is 0 Å². The first kappa shape index (κ1) is 17.8. The molecule has 0 saturated heterocycles. The highest BCUT2D eigenvalue weighted by Gasteiger charge is 2.17. The molecule has 1 amide bonds. The standard InChI is InChI=1S/C20H19FN6O/c1-4-26-13(3)14(11-23-26)18-7-8-22-19-10-17(25-27(18)19)20(28)24-16-9-12(2)5-6-15(16)21/h5-11H,4H2,1-3H3,(H,24,28). The summed E-state index contributed by atoms with van der Waals surface area (Å²) < 4.78 is 17.4. The van der Waals surface area contributed by atoms with E-state index in [1.165, 1.54) is 6.07 Å².